The summed E-state index contributed by atoms with van der Waals surface area (Å²) in [5.74, 6) is 1.53. The third kappa shape index (κ3) is 7.57. The summed E-state index contributed by atoms with van der Waals surface area (Å²) in [4.78, 5) is 25.6. The molecule has 2 aromatic carbocycles. The molecule has 7 heteroatoms. The van der Waals surface area contributed by atoms with Gasteiger partial charge in [-0.2, -0.15) is 0 Å². The number of aryl methyl sites for hydroxylation is 3. The van der Waals surface area contributed by atoms with Gasteiger partial charge in [0.2, 0.25) is 5.95 Å². The molecular formula is C32H42N4O3. The summed E-state index contributed by atoms with van der Waals surface area (Å²) in [5.41, 5.74) is 5.71. The average Bonchev–Trinajstić information content (AvgIpc) is 2.92. The van der Waals surface area contributed by atoms with Crippen molar-refractivity contribution in [3.05, 3.63) is 82.2 Å². The second kappa shape index (κ2) is 13.1. The number of anilines is 1. The fraction of sp³-hybridized carbons (Fsp3) is 0.469. The van der Waals surface area contributed by atoms with Crippen LogP contribution in [0.3, 0.4) is 0 Å². The number of carboxylic acid groups (broad SMARTS) is 1. The van der Waals surface area contributed by atoms with Crippen molar-refractivity contribution < 1.29 is 14.6 Å². The van der Waals surface area contributed by atoms with Gasteiger partial charge in [-0.3, -0.25) is 4.90 Å². The highest BCUT2D eigenvalue weighted by atomic mass is 16.5. The second-order valence-corrected chi connectivity index (χ2v) is 11.1. The largest absolute Gasteiger partial charge is 0.492 e. The highest BCUT2D eigenvalue weighted by Crippen LogP contribution is 2.27. The van der Waals surface area contributed by atoms with Crippen LogP contribution in [0.2, 0.25) is 0 Å². The SMILES string of the molecule is Cc1ccc(C(C)C)c(OCCN2CCN(c3ncc(C(=O)O)c(CCc4ccc(C(C)C)cc4)n3)CC2)c1. The molecule has 0 saturated carbocycles. The molecule has 2 heterocycles. The van der Waals surface area contributed by atoms with Gasteiger partial charge < -0.3 is 14.7 Å². The number of rotatable bonds is 11. The van der Waals surface area contributed by atoms with E-state index in [9.17, 15) is 9.90 Å². The van der Waals surface area contributed by atoms with Crippen LogP contribution in [0.4, 0.5) is 5.95 Å². The predicted molar refractivity (Wildman–Crippen MR) is 156 cm³/mol. The number of benzene rings is 2. The van der Waals surface area contributed by atoms with Crippen LogP contribution in [0.1, 0.15) is 77.8 Å². The molecule has 0 amide bonds. The monoisotopic (exact) mass is 530 g/mol. The van der Waals surface area contributed by atoms with Crippen LogP contribution in [-0.4, -0.2) is 65.3 Å². The summed E-state index contributed by atoms with van der Waals surface area (Å²) in [5, 5.41) is 9.71. The molecule has 1 aliphatic heterocycles. The molecule has 1 fully saturated rings. The van der Waals surface area contributed by atoms with Crippen molar-refractivity contribution in [1.29, 1.82) is 0 Å². The Kier molecular flexibility index (Phi) is 9.57. The lowest BCUT2D eigenvalue weighted by molar-refractivity contribution is 0.0694. The summed E-state index contributed by atoms with van der Waals surface area (Å²) in [6.07, 6.45) is 2.77. The Hall–Kier alpha value is -3.45. The van der Waals surface area contributed by atoms with E-state index >= 15 is 0 Å². The third-order valence-corrected chi connectivity index (χ3v) is 7.49. The number of aromatic carboxylic acids is 1. The molecule has 208 valence electrons. The minimum Gasteiger partial charge on any atom is -0.492 e. The molecular weight excluding hydrogens is 488 g/mol. The first-order valence-corrected chi connectivity index (χ1v) is 14.1. The number of aromatic nitrogens is 2. The zero-order valence-corrected chi connectivity index (χ0v) is 24.0. The van der Waals surface area contributed by atoms with Crippen molar-refractivity contribution in [3.63, 3.8) is 0 Å². The van der Waals surface area contributed by atoms with E-state index in [1.165, 1.54) is 28.5 Å². The van der Waals surface area contributed by atoms with E-state index in [2.05, 4.69) is 91.9 Å². The number of carbonyl (C=O) groups is 1. The van der Waals surface area contributed by atoms with Crippen molar-refractivity contribution in [2.75, 3.05) is 44.2 Å². The Balaban J connectivity index is 1.33. The molecule has 0 aliphatic carbocycles. The molecule has 4 rings (SSSR count). The van der Waals surface area contributed by atoms with E-state index in [0.717, 1.165) is 44.9 Å². The fourth-order valence-corrected chi connectivity index (χ4v) is 4.96. The smallest absolute Gasteiger partial charge is 0.339 e. The zero-order chi connectivity index (χ0) is 27.9. The maximum Gasteiger partial charge on any atom is 0.339 e. The Morgan fingerprint density at radius 1 is 0.974 bits per heavy atom. The number of carboxylic acids is 1. The maximum atomic E-state index is 11.9. The molecule has 39 heavy (non-hydrogen) atoms. The zero-order valence-electron chi connectivity index (χ0n) is 24.0. The minimum absolute atomic E-state index is 0.185. The summed E-state index contributed by atoms with van der Waals surface area (Å²) in [6, 6.07) is 15.0. The minimum atomic E-state index is -0.981. The quantitative estimate of drug-likeness (QED) is 0.340. The standard InChI is InChI=1S/C32H42N4O3/c1-22(2)26-10-7-25(8-11-26)9-13-29-28(31(37)38)21-33-32(34-29)36-16-14-35(15-17-36)18-19-39-30-20-24(5)6-12-27(30)23(3)4/h6-8,10-12,20-23H,9,13-19H2,1-5H3,(H,37,38). The van der Waals surface area contributed by atoms with Crippen molar-refractivity contribution in [2.24, 2.45) is 0 Å². The molecule has 0 bridgehead atoms. The van der Waals surface area contributed by atoms with E-state index in [0.29, 0.717) is 36.5 Å². The van der Waals surface area contributed by atoms with E-state index < -0.39 is 5.97 Å². The lowest BCUT2D eigenvalue weighted by atomic mass is 9.99. The Morgan fingerprint density at radius 3 is 2.33 bits per heavy atom. The molecule has 0 radical (unpaired) electrons. The first kappa shape index (κ1) is 28.6. The van der Waals surface area contributed by atoms with E-state index in [1.54, 1.807) is 0 Å². The van der Waals surface area contributed by atoms with Crippen molar-refractivity contribution in [3.8, 4) is 5.75 Å². The van der Waals surface area contributed by atoms with Gasteiger partial charge in [0.1, 0.15) is 12.4 Å². The highest BCUT2D eigenvalue weighted by molar-refractivity contribution is 5.88. The van der Waals surface area contributed by atoms with E-state index in [4.69, 9.17) is 9.72 Å². The molecule has 7 nitrogen and oxygen atoms in total. The molecule has 1 aliphatic rings. The van der Waals surface area contributed by atoms with Gasteiger partial charge in [0.15, 0.2) is 0 Å². The molecule has 3 aromatic rings. The summed E-state index contributed by atoms with van der Waals surface area (Å²) in [6.45, 7) is 15.7. The lowest BCUT2D eigenvalue weighted by Crippen LogP contribution is -2.48. The van der Waals surface area contributed by atoms with Crippen molar-refractivity contribution in [2.45, 2.75) is 59.3 Å². The predicted octanol–water partition coefficient (Wildman–Crippen LogP) is 5.72. The summed E-state index contributed by atoms with van der Waals surface area (Å²) < 4.78 is 6.19. The third-order valence-electron chi connectivity index (χ3n) is 7.49. The Labute approximate surface area is 232 Å². The van der Waals surface area contributed by atoms with Crippen LogP contribution < -0.4 is 9.64 Å². The Morgan fingerprint density at radius 2 is 1.69 bits per heavy atom. The van der Waals surface area contributed by atoms with Gasteiger partial charge in [-0.05, 0) is 59.9 Å². The molecule has 0 atom stereocenters. The number of hydrogen-bond donors (Lipinski definition) is 1. The van der Waals surface area contributed by atoms with Gasteiger partial charge in [0, 0.05) is 38.9 Å². The van der Waals surface area contributed by atoms with Crippen molar-refractivity contribution >= 4 is 11.9 Å². The maximum absolute atomic E-state index is 11.9. The molecule has 0 unspecified atom stereocenters. The van der Waals surface area contributed by atoms with Crippen LogP contribution >= 0.6 is 0 Å². The fourth-order valence-electron chi connectivity index (χ4n) is 4.96. The van der Waals surface area contributed by atoms with Gasteiger partial charge in [0.05, 0.1) is 11.3 Å². The number of nitrogens with zero attached hydrogens (tertiary/aromatic N) is 4. The highest BCUT2D eigenvalue weighted by Gasteiger charge is 2.22. The van der Waals surface area contributed by atoms with Gasteiger partial charge in [-0.15, -0.1) is 0 Å². The van der Waals surface area contributed by atoms with Gasteiger partial charge >= 0.3 is 5.97 Å². The average molecular weight is 531 g/mol. The Bertz CT molecular complexity index is 1250. The van der Waals surface area contributed by atoms with E-state index in [1.807, 2.05) is 0 Å². The molecule has 0 spiro atoms. The summed E-state index contributed by atoms with van der Waals surface area (Å²) in [7, 11) is 0. The van der Waals surface area contributed by atoms with Crippen molar-refractivity contribution in [1.82, 2.24) is 14.9 Å². The van der Waals surface area contributed by atoms with Crippen LogP contribution in [0.15, 0.2) is 48.7 Å². The van der Waals surface area contributed by atoms with E-state index in [-0.39, 0.29) is 5.56 Å². The molecule has 1 aromatic heterocycles. The number of ether oxygens (including phenoxy) is 1. The first-order chi connectivity index (χ1) is 18.7. The molecule has 1 saturated heterocycles. The van der Waals surface area contributed by atoms with Crippen LogP contribution in [0, 0.1) is 6.92 Å². The van der Waals surface area contributed by atoms with Gasteiger partial charge in [0.25, 0.3) is 0 Å². The second-order valence-electron chi connectivity index (χ2n) is 11.1. The topological polar surface area (TPSA) is 78.8 Å². The number of hydrogen-bond acceptors (Lipinski definition) is 6. The molecule has 1 N–H and O–H groups in total. The van der Waals surface area contributed by atoms with Gasteiger partial charge in [-0.25, -0.2) is 14.8 Å². The normalized spacial score (nSPS) is 14.3. The summed E-state index contributed by atoms with van der Waals surface area (Å²) >= 11 is 0. The van der Waals surface area contributed by atoms with Crippen LogP contribution in [0.5, 0.6) is 5.75 Å². The number of piperazine rings is 1. The van der Waals surface area contributed by atoms with Gasteiger partial charge in [-0.1, -0.05) is 64.1 Å². The first-order valence-electron chi connectivity index (χ1n) is 14.1. The van der Waals surface area contributed by atoms with Crippen LogP contribution in [-0.2, 0) is 12.8 Å². The van der Waals surface area contributed by atoms with Crippen LogP contribution in [0.25, 0.3) is 0 Å². The lowest BCUT2D eigenvalue weighted by Gasteiger charge is -2.34.